The summed E-state index contributed by atoms with van der Waals surface area (Å²) in [5.74, 6) is -3.17. The summed E-state index contributed by atoms with van der Waals surface area (Å²) in [5, 5.41) is 11.3. The molecule has 4 rings (SSSR count). The summed E-state index contributed by atoms with van der Waals surface area (Å²) in [6.07, 6.45) is 0. The second kappa shape index (κ2) is 10.7. The van der Waals surface area contributed by atoms with Crippen LogP contribution in [0.25, 0.3) is 5.76 Å². The van der Waals surface area contributed by atoms with Gasteiger partial charge in [0.1, 0.15) is 16.5 Å². The highest BCUT2D eigenvalue weighted by atomic mass is 32.1. The minimum atomic E-state index is -1.25. The molecule has 1 amide bonds. The molecule has 1 fully saturated rings. The number of hydrogen-bond acceptors (Lipinski definition) is 10. The Morgan fingerprint density at radius 2 is 1.67 bits per heavy atom. The zero-order valence-electron chi connectivity index (χ0n) is 21.9. The minimum Gasteiger partial charge on any atom is -0.507 e. The van der Waals surface area contributed by atoms with Crippen molar-refractivity contribution in [2.45, 2.75) is 19.9 Å². The van der Waals surface area contributed by atoms with Crippen molar-refractivity contribution < 1.29 is 42.8 Å². The first-order chi connectivity index (χ1) is 18.6. The van der Waals surface area contributed by atoms with Crippen LogP contribution in [0.3, 0.4) is 0 Å². The molecular formula is C27H25FN2O8S. The average molecular weight is 557 g/mol. The number of amides is 1. The van der Waals surface area contributed by atoms with E-state index in [1.54, 1.807) is 13.8 Å². The van der Waals surface area contributed by atoms with Gasteiger partial charge in [-0.1, -0.05) is 23.5 Å². The molecule has 12 heteroatoms. The maximum Gasteiger partial charge on any atom is 0.350 e. The number of aryl methyl sites for hydroxylation is 2. The van der Waals surface area contributed by atoms with Crippen molar-refractivity contribution >= 4 is 39.9 Å². The van der Waals surface area contributed by atoms with Gasteiger partial charge in [-0.15, -0.1) is 0 Å². The number of Topliss-reactive ketones (excluding diaryl/α,β-unsaturated/α-hetero) is 1. The highest BCUT2D eigenvalue weighted by Gasteiger charge is 2.49. The predicted molar refractivity (Wildman–Crippen MR) is 140 cm³/mol. The Morgan fingerprint density at radius 3 is 2.21 bits per heavy atom. The lowest BCUT2D eigenvalue weighted by Crippen LogP contribution is -2.29. The predicted octanol–water partition coefficient (Wildman–Crippen LogP) is 4.34. The van der Waals surface area contributed by atoms with Gasteiger partial charge >= 0.3 is 11.9 Å². The van der Waals surface area contributed by atoms with E-state index >= 15 is 0 Å². The summed E-state index contributed by atoms with van der Waals surface area (Å²) in [4.78, 5) is 44.7. The summed E-state index contributed by atoms with van der Waals surface area (Å²) in [7, 11) is 5.44. The maximum atomic E-state index is 14.4. The summed E-state index contributed by atoms with van der Waals surface area (Å²) in [6, 6.07) is 5.76. The van der Waals surface area contributed by atoms with Gasteiger partial charge in [0.2, 0.25) is 5.75 Å². The van der Waals surface area contributed by atoms with Crippen LogP contribution in [0.4, 0.5) is 9.52 Å². The van der Waals surface area contributed by atoms with E-state index in [4.69, 9.17) is 18.9 Å². The van der Waals surface area contributed by atoms with Crippen molar-refractivity contribution in [1.82, 2.24) is 4.98 Å². The lowest BCUT2D eigenvalue weighted by molar-refractivity contribution is -0.132. The number of methoxy groups -OCH3 is 4. The van der Waals surface area contributed by atoms with Gasteiger partial charge in [0.15, 0.2) is 16.6 Å². The standard InChI is InChI=1S/C27H25FN2O8S/c1-12-7-8-14(9-16(12)28)21(31)19-20(15-10-17(35-3)23(37-5)18(11-15)36-4)30(25(33)22(19)32)27-29-13(2)24(39-27)26(34)38-6/h7-11,20,31H,1-6H3/b21-19+. The lowest BCUT2D eigenvalue weighted by Gasteiger charge is -2.24. The molecule has 1 N–H and O–H groups in total. The van der Waals surface area contributed by atoms with E-state index in [-0.39, 0.29) is 44.1 Å². The van der Waals surface area contributed by atoms with Crippen molar-refractivity contribution in [3.8, 4) is 17.2 Å². The van der Waals surface area contributed by atoms with Crippen LogP contribution >= 0.6 is 11.3 Å². The Balaban J connectivity index is 2.03. The lowest BCUT2D eigenvalue weighted by atomic mass is 9.94. The molecule has 1 aliphatic heterocycles. The number of aliphatic hydroxyl groups excluding tert-OH is 1. The summed E-state index contributed by atoms with van der Waals surface area (Å²) >= 11 is 0.851. The largest absolute Gasteiger partial charge is 0.507 e. The molecule has 204 valence electrons. The van der Waals surface area contributed by atoms with Crippen LogP contribution in [0.1, 0.15) is 38.1 Å². The van der Waals surface area contributed by atoms with Crippen LogP contribution in [0.5, 0.6) is 17.2 Å². The van der Waals surface area contributed by atoms with Crippen molar-refractivity contribution in [2.24, 2.45) is 0 Å². The molecule has 0 aliphatic carbocycles. The Kier molecular flexibility index (Phi) is 7.59. The number of carbonyl (C=O) groups excluding carboxylic acids is 3. The monoisotopic (exact) mass is 556 g/mol. The van der Waals surface area contributed by atoms with Crippen molar-refractivity contribution in [1.29, 1.82) is 0 Å². The average Bonchev–Trinajstić information content (AvgIpc) is 3.44. The molecule has 3 aromatic rings. The first-order valence-corrected chi connectivity index (χ1v) is 12.3. The maximum absolute atomic E-state index is 14.4. The normalized spacial score (nSPS) is 16.4. The van der Waals surface area contributed by atoms with Gasteiger partial charge in [-0.3, -0.25) is 14.5 Å². The molecule has 0 bridgehead atoms. The molecule has 0 saturated carbocycles. The fourth-order valence-corrected chi connectivity index (χ4v) is 5.28. The molecule has 0 spiro atoms. The third-order valence-corrected chi connectivity index (χ3v) is 7.39. The smallest absolute Gasteiger partial charge is 0.350 e. The number of esters is 1. The number of ketones is 1. The molecule has 1 aromatic heterocycles. The van der Waals surface area contributed by atoms with E-state index in [0.29, 0.717) is 11.1 Å². The second-order valence-electron chi connectivity index (χ2n) is 8.49. The fourth-order valence-electron chi connectivity index (χ4n) is 4.27. The zero-order chi connectivity index (χ0) is 28.6. The van der Waals surface area contributed by atoms with Crippen LogP contribution in [-0.4, -0.2) is 56.2 Å². The molecule has 2 heterocycles. The van der Waals surface area contributed by atoms with E-state index < -0.39 is 35.3 Å². The molecule has 10 nitrogen and oxygen atoms in total. The SMILES string of the molecule is COC(=O)c1sc(N2C(=O)C(=O)/C(=C(/O)c3ccc(C)c(F)c3)C2c2cc(OC)c(OC)c(OC)c2)nc1C. The van der Waals surface area contributed by atoms with Crippen LogP contribution < -0.4 is 19.1 Å². The molecule has 1 atom stereocenters. The summed E-state index contributed by atoms with van der Waals surface area (Å²) in [5.41, 5.74) is 0.601. The molecule has 2 aromatic carbocycles. The number of aliphatic hydroxyl groups is 1. The third kappa shape index (κ3) is 4.67. The number of carbonyl (C=O) groups is 3. The van der Waals surface area contributed by atoms with E-state index in [1.807, 2.05) is 0 Å². The number of nitrogens with zero attached hydrogens (tertiary/aromatic N) is 2. The second-order valence-corrected chi connectivity index (χ2v) is 9.47. The quantitative estimate of drug-likeness (QED) is 0.196. The highest BCUT2D eigenvalue weighted by Crippen LogP contribution is 2.48. The highest BCUT2D eigenvalue weighted by molar-refractivity contribution is 7.17. The van der Waals surface area contributed by atoms with Crippen molar-refractivity contribution in [2.75, 3.05) is 33.3 Å². The van der Waals surface area contributed by atoms with Crippen LogP contribution in [0.15, 0.2) is 35.9 Å². The zero-order valence-corrected chi connectivity index (χ0v) is 22.8. The molecule has 1 saturated heterocycles. The van der Waals surface area contributed by atoms with Gasteiger partial charge in [-0.25, -0.2) is 14.2 Å². The van der Waals surface area contributed by atoms with E-state index in [0.717, 1.165) is 22.3 Å². The number of halogens is 1. The van der Waals surface area contributed by atoms with Gasteiger partial charge in [0, 0.05) is 5.56 Å². The van der Waals surface area contributed by atoms with Crippen LogP contribution in [0.2, 0.25) is 0 Å². The first-order valence-electron chi connectivity index (χ1n) is 11.5. The Labute approximate surface area is 227 Å². The fraction of sp³-hybridized carbons (Fsp3) is 0.259. The van der Waals surface area contributed by atoms with Gasteiger partial charge in [-0.05, 0) is 43.2 Å². The number of anilines is 1. The number of ether oxygens (including phenoxy) is 4. The minimum absolute atomic E-state index is 0.000823. The van der Waals surface area contributed by atoms with Gasteiger partial charge < -0.3 is 24.1 Å². The number of hydrogen-bond donors (Lipinski definition) is 1. The third-order valence-electron chi connectivity index (χ3n) is 6.25. The summed E-state index contributed by atoms with van der Waals surface area (Å²) < 4.78 is 35.5. The van der Waals surface area contributed by atoms with Gasteiger partial charge in [0.25, 0.3) is 5.78 Å². The number of aromatic nitrogens is 1. The van der Waals surface area contributed by atoms with E-state index in [2.05, 4.69) is 4.98 Å². The van der Waals surface area contributed by atoms with Crippen molar-refractivity contribution in [3.05, 3.63) is 69.0 Å². The number of benzene rings is 2. The molecule has 39 heavy (non-hydrogen) atoms. The van der Waals surface area contributed by atoms with Crippen LogP contribution in [0, 0.1) is 19.7 Å². The van der Waals surface area contributed by atoms with Gasteiger partial charge in [0.05, 0.1) is 45.7 Å². The Hall–Kier alpha value is -4.45. The Morgan fingerprint density at radius 1 is 1.03 bits per heavy atom. The first kappa shape index (κ1) is 27.6. The number of rotatable bonds is 7. The van der Waals surface area contributed by atoms with Gasteiger partial charge in [-0.2, -0.15) is 0 Å². The number of thiazole rings is 1. The van der Waals surface area contributed by atoms with Crippen LogP contribution in [-0.2, 0) is 14.3 Å². The van der Waals surface area contributed by atoms with E-state index in [1.165, 1.54) is 52.7 Å². The summed E-state index contributed by atoms with van der Waals surface area (Å²) in [6.45, 7) is 3.12. The van der Waals surface area contributed by atoms with E-state index in [9.17, 15) is 23.9 Å². The molecule has 1 aliphatic rings. The topological polar surface area (TPSA) is 124 Å². The Bertz CT molecular complexity index is 1500. The molecule has 1 unspecified atom stereocenters. The van der Waals surface area contributed by atoms with Crippen molar-refractivity contribution in [3.63, 3.8) is 0 Å². The molecular weight excluding hydrogens is 531 g/mol. The molecule has 0 radical (unpaired) electrons.